The zero-order valence-electron chi connectivity index (χ0n) is 18.7. The van der Waals surface area contributed by atoms with Gasteiger partial charge in [-0.1, -0.05) is 18.2 Å². The number of hydrogen-bond donors (Lipinski definition) is 2. The van der Waals surface area contributed by atoms with E-state index in [-0.39, 0.29) is 10.8 Å². The molecule has 0 aliphatic carbocycles. The zero-order valence-corrected chi connectivity index (χ0v) is 19.5. The first kappa shape index (κ1) is 23.5. The Labute approximate surface area is 187 Å². The minimum Gasteiger partial charge on any atom is -0.494 e. The lowest BCUT2D eigenvalue weighted by molar-refractivity contribution is -0.154. The molecule has 0 aliphatic heterocycles. The molecule has 2 aromatic carbocycles. The van der Waals surface area contributed by atoms with Crippen molar-refractivity contribution in [1.29, 1.82) is 0 Å². The SMILES string of the molecule is Cc1cccc2[nH]c(O)c(C=Nc3cccc(S(=O)(=O)N(C)CC(=O)OC(C)(C)C)c3)c12. The summed E-state index contributed by atoms with van der Waals surface area (Å²) in [7, 11) is -2.61. The van der Waals surface area contributed by atoms with Gasteiger partial charge in [0.2, 0.25) is 10.0 Å². The second-order valence-corrected chi connectivity index (χ2v) is 10.5. The van der Waals surface area contributed by atoms with E-state index in [1.165, 1.54) is 25.4 Å². The molecule has 0 spiro atoms. The van der Waals surface area contributed by atoms with E-state index < -0.39 is 28.1 Å². The molecule has 0 bridgehead atoms. The predicted molar refractivity (Wildman–Crippen MR) is 124 cm³/mol. The Kier molecular flexibility index (Phi) is 6.43. The van der Waals surface area contributed by atoms with Crippen LogP contribution in [0.3, 0.4) is 0 Å². The molecule has 8 nitrogen and oxygen atoms in total. The smallest absolute Gasteiger partial charge is 0.321 e. The lowest BCUT2D eigenvalue weighted by Crippen LogP contribution is -2.36. The molecule has 170 valence electrons. The lowest BCUT2D eigenvalue weighted by atomic mass is 10.1. The summed E-state index contributed by atoms with van der Waals surface area (Å²) in [4.78, 5) is 19.3. The Bertz CT molecular complexity index is 1290. The Morgan fingerprint density at radius 3 is 2.59 bits per heavy atom. The maximum Gasteiger partial charge on any atom is 0.321 e. The number of rotatable bonds is 6. The zero-order chi connectivity index (χ0) is 23.7. The molecule has 9 heteroatoms. The summed E-state index contributed by atoms with van der Waals surface area (Å²) in [6.07, 6.45) is 1.50. The third kappa shape index (κ3) is 5.17. The van der Waals surface area contributed by atoms with E-state index in [2.05, 4.69) is 9.98 Å². The van der Waals surface area contributed by atoms with Crippen molar-refractivity contribution in [2.75, 3.05) is 13.6 Å². The van der Waals surface area contributed by atoms with E-state index in [4.69, 9.17) is 4.74 Å². The number of fused-ring (bicyclic) bond motifs is 1. The van der Waals surface area contributed by atoms with Crippen LogP contribution in [0.4, 0.5) is 5.69 Å². The normalized spacial score (nSPS) is 12.7. The van der Waals surface area contributed by atoms with Crippen LogP contribution in [0.25, 0.3) is 10.9 Å². The second kappa shape index (κ2) is 8.76. The number of aliphatic imine (C=N–C) groups is 1. The predicted octanol–water partition coefficient (Wildman–Crippen LogP) is 3.89. The molecule has 0 saturated heterocycles. The first-order valence-corrected chi connectivity index (χ1v) is 11.4. The van der Waals surface area contributed by atoms with Gasteiger partial charge < -0.3 is 14.8 Å². The molecule has 0 fully saturated rings. The van der Waals surface area contributed by atoms with Crippen molar-refractivity contribution in [2.24, 2.45) is 4.99 Å². The molecule has 1 heterocycles. The number of nitrogens with one attached hydrogen (secondary N) is 1. The summed E-state index contributed by atoms with van der Waals surface area (Å²) in [5.74, 6) is -0.651. The number of aromatic hydroxyl groups is 1. The number of carbonyl (C=O) groups excluding carboxylic acids is 1. The van der Waals surface area contributed by atoms with Gasteiger partial charge in [0, 0.05) is 24.2 Å². The van der Waals surface area contributed by atoms with Gasteiger partial charge in [0.15, 0.2) is 5.88 Å². The van der Waals surface area contributed by atoms with Gasteiger partial charge in [-0.3, -0.25) is 9.79 Å². The highest BCUT2D eigenvalue weighted by atomic mass is 32.2. The first-order valence-electron chi connectivity index (χ1n) is 10.0. The molecule has 3 aromatic rings. The third-order valence-corrected chi connectivity index (χ3v) is 6.49. The van der Waals surface area contributed by atoms with Gasteiger partial charge in [-0.2, -0.15) is 4.31 Å². The second-order valence-electron chi connectivity index (χ2n) is 8.49. The number of benzene rings is 2. The summed E-state index contributed by atoms with van der Waals surface area (Å²) in [5.41, 5.74) is 1.96. The summed E-state index contributed by atoms with van der Waals surface area (Å²) >= 11 is 0. The number of carbonyl (C=O) groups is 1. The average molecular weight is 458 g/mol. The quantitative estimate of drug-likeness (QED) is 0.431. The van der Waals surface area contributed by atoms with E-state index in [1.807, 2.05) is 25.1 Å². The van der Waals surface area contributed by atoms with Crippen LogP contribution in [-0.2, 0) is 19.6 Å². The minimum atomic E-state index is -3.93. The molecule has 0 aliphatic rings. The molecule has 0 amide bonds. The standard InChI is InChI=1S/C23H27N3O5S/c1-15-8-6-11-19-21(15)18(22(28)25-19)13-24-16-9-7-10-17(12-16)32(29,30)26(5)14-20(27)31-23(2,3)4/h6-13,25,28H,14H2,1-5H3. The van der Waals surface area contributed by atoms with E-state index >= 15 is 0 Å². The van der Waals surface area contributed by atoms with E-state index in [9.17, 15) is 18.3 Å². The number of ether oxygens (including phenoxy) is 1. The Balaban J connectivity index is 1.86. The van der Waals surface area contributed by atoms with Crippen molar-refractivity contribution >= 4 is 38.8 Å². The van der Waals surface area contributed by atoms with Crippen LogP contribution in [0.15, 0.2) is 52.4 Å². The van der Waals surface area contributed by atoms with Crippen molar-refractivity contribution in [3.63, 3.8) is 0 Å². The van der Waals surface area contributed by atoms with Gasteiger partial charge in [0.05, 0.1) is 16.1 Å². The number of aryl methyl sites for hydroxylation is 1. The van der Waals surface area contributed by atoms with Gasteiger partial charge in [0.1, 0.15) is 12.1 Å². The highest BCUT2D eigenvalue weighted by Gasteiger charge is 2.26. The Morgan fingerprint density at radius 1 is 1.22 bits per heavy atom. The number of aromatic amines is 1. The number of likely N-dealkylation sites (N-methyl/N-ethyl adjacent to an activating group) is 1. The molecule has 32 heavy (non-hydrogen) atoms. The monoisotopic (exact) mass is 457 g/mol. The maximum absolute atomic E-state index is 12.9. The van der Waals surface area contributed by atoms with Gasteiger partial charge in [-0.25, -0.2) is 8.42 Å². The van der Waals surface area contributed by atoms with Crippen LogP contribution in [0, 0.1) is 6.92 Å². The number of nitrogens with zero attached hydrogens (tertiary/aromatic N) is 2. The fourth-order valence-electron chi connectivity index (χ4n) is 3.25. The van der Waals surface area contributed by atoms with Gasteiger partial charge in [-0.15, -0.1) is 0 Å². The third-order valence-electron chi connectivity index (χ3n) is 4.69. The molecule has 0 atom stereocenters. The number of H-pyrrole nitrogens is 1. The van der Waals surface area contributed by atoms with Crippen LogP contribution in [-0.4, -0.2) is 54.2 Å². The van der Waals surface area contributed by atoms with Crippen molar-refractivity contribution in [1.82, 2.24) is 9.29 Å². The molecular weight excluding hydrogens is 430 g/mol. The first-order chi connectivity index (χ1) is 14.9. The topological polar surface area (TPSA) is 112 Å². The summed E-state index contributed by atoms with van der Waals surface area (Å²) in [6.45, 7) is 6.67. The highest BCUT2D eigenvalue weighted by molar-refractivity contribution is 7.89. The van der Waals surface area contributed by atoms with Gasteiger partial charge in [-0.05, 0) is 57.5 Å². The van der Waals surface area contributed by atoms with Crippen molar-refractivity contribution < 1.29 is 23.1 Å². The van der Waals surface area contributed by atoms with Gasteiger partial charge in [0.25, 0.3) is 0 Å². The minimum absolute atomic E-state index is 0.00228. The molecule has 0 saturated carbocycles. The fourth-order valence-corrected chi connectivity index (χ4v) is 4.41. The van der Waals surface area contributed by atoms with E-state index in [0.29, 0.717) is 11.3 Å². The van der Waals surface area contributed by atoms with E-state index in [0.717, 1.165) is 20.8 Å². The largest absolute Gasteiger partial charge is 0.494 e. The summed E-state index contributed by atoms with van der Waals surface area (Å²) in [6, 6.07) is 11.7. The lowest BCUT2D eigenvalue weighted by Gasteiger charge is -2.22. The van der Waals surface area contributed by atoms with Crippen LogP contribution in [0.1, 0.15) is 31.9 Å². The van der Waals surface area contributed by atoms with Crippen molar-refractivity contribution in [3.8, 4) is 5.88 Å². The van der Waals surface area contributed by atoms with Crippen molar-refractivity contribution in [3.05, 3.63) is 53.6 Å². The average Bonchev–Trinajstić information content (AvgIpc) is 3.01. The van der Waals surface area contributed by atoms with E-state index in [1.54, 1.807) is 32.9 Å². The number of hydrogen-bond acceptors (Lipinski definition) is 6. The Morgan fingerprint density at radius 2 is 1.91 bits per heavy atom. The molecular formula is C23H27N3O5S. The molecule has 2 N–H and O–H groups in total. The highest BCUT2D eigenvalue weighted by Crippen LogP contribution is 2.29. The van der Waals surface area contributed by atoms with Crippen LogP contribution < -0.4 is 0 Å². The molecule has 0 unspecified atom stereocenters. The Hall–Kier alpha value is -3.17. The van der Waals surface area contributed by atoms with Crippen LogP contribution >= 0.6 is 0 Å². The number of esters is 1. The summed E-state index contributed by atoms with van der Waals surface area (Å²) in [5, 5.41) is 11.1. The molecule has 3 rings (SSSR count). The van der Waals surface area contributed by atoms with Crippen LogP contribution in [0.2, 0.25) is 0 Å². The fraction of sp³-hybridized carbons (Fsp3) is 0.304. The number of sulfonamides is 1. The maximum atomic E-state index is 12.9. The molecule has 0 radical (unpaired) electrons. The van der Waals surface area contributed by atoms with Crippen LogP contribution in [0.5, 0.6) is 5.88 Å². The summed E-state index contributed by atoms with van der Waals surface area (Å²) < 4.78 is 32.0. The van der Waals surface area contributed by atoms with Gasteiger partial charge >= 0.3 is 5.97 Å². The van der Waals surface area contributed by atoms with Crippen molar-refractivity contribution in [2.45, 2.75) is 38.2 Å². The molecule has 1 aromatic heterocycles. The number of aromatic nitrogens is 1.